The van der Waals surface area contributed by atoms with Crippen molar-refractivity contribution in [3.8, 4) is 16.9 Å². The largest absolute Gasteiger partial charge is 0.492 e. The number of ether oxygens (including phenoxy) is 1. The molecule has 0 aliphatic carbocycles. The molecule has 1 amide bonds. The van der Waals surface area contributed by atoms with E-state index in [0.717, 1.165) is 27.8 Å². The van der Waals surface area contributed by atoms with Crippen LogP contribution in [0.2, 0.25) is 0 Å². The number of amides is 1. The maximum Gasteiger partial charge on any atom is 0.293 e. The number of rotatable bonds is 15. The molecule has 0 saturated carbocycles. The number of halogens is 1. The number of aromatic nitrogens is 1. The number of nitrogens with one attached hydrogen (secondary N) is 2. The Morgan fingerprint density at radius 1 is 0.964 bits per heavy atom. The number of carbonyl (C=O) groups is 1. The van der Waals surface area contributed by atoms with Crippen molar-refractivity contribution >= 4 is 44.8 Å². The monoisotopic (exact) mass is 784 g/mol. The summed E-state index contributed by atoms with van der Waals surface area (Å²) in [5.41, 5.74) is 2.82. The van der Waals surface area contributed by atoms with E-state index in [1.165, 1.54) is 30.3 Å². The lowest BCUT2D eigenvalue weighted by atomic mass is 10.00. The number of piperazine rings is 1. The predicted molar refractivity (Wildman–Crippen MR) is 213 cm³/mol. The lowest BCUT2D eigenvalue weighted by molar-refractivity contribution is -0.384. The van der Waals surface area contributed by atoms with E-state index in [9.17, 15) is 23.3 Å². The van der Waals surface area contributed by atoms with Gasteiger partial charge in [0.1, 0.15) is 17.3 Å². The number of nitro groups is 1. The lowest BCUT2D eigenvalue weighted by Crippen LogP contribution is -2.47. The highest BCUT2D eigenvalue weighted by atomic mass is 32.2. The van der Waals surface area contributed by atoms with Crippen molar-refractivity contribution in [2.24, 2.45) is 0 Å². The fraction of sp³-hybridized carbons (Fsp3) is 0.250. The van der Waals surface area contributed by atoms with Crippen molar-refractivity contribution in [3.05, 3.63) is 137 Å². The molecule has 1 aliphatic heterocycles. The van der Waals surface area contributed by atoms with Crippen LogP contribution in [0.15, 0.2) is 119 Å². The Labute approximate surface area is 323 Å². The second kappa shape index (κ2) is 17.8. The summed E-state index contributed by atoms with van der Waals surface area (Å²) in [6.45, 7) is 7.49. The molecule has 6 rings (SSSR count). The minimum atomic E-state index is -4.42. The molecule has 1 unspecified atom stereocenters. The van der Waals surface area contributed by atoms with Gasteiger partial charge in [0.15, 0.2) is 0 Å². The van der Waals surface area contributed by atoms with Crippen LogP contribution in [-0.2, 0) is 10.0 Å². The van der Waals surface area contributed by atoms with Crippen LogP contribution >= 0.6 is 11.8 Å². The highest BCUT2D eigenvalue weighted by Crippen LogP contribution is 2.31. The maximum absolute atomic E-state index is 15.4. The standard InChI is InChI=1S/C40H41FN6O6S2/c1-3-53-33-23-31(26-42-27-33)30-11-15-36(37(41)24-30)28(2)45-18-20-46(21-19-45)32-12-9-29(10-13-32)40(48)44-55(51,52)35-14-16-38(39(25-35)47(49)50)43-17-22-54-34-7-5-4-6-8-34/h4-16,23-28,43H,3,17-22H2,1-2H3,(H,44,48). The minimum absolute atomic E-state index is 0.114. The molecule has 0 spiro atoms. The number of nitro benzene ring substituents is 1. The third-order valence-corrected chi connectivity index (χ3v) is 11.6. The number of hydrogen-bond acceptors (Lipinski definition) is 11. The van der Waals surface area contributed by atoms with Crippen molar-refractivity contribution in [1.82, 2.24) is 14.6 Å². The van der Waals surface area contributed by atoms with Crippen molar-refractivity contribution in [3.63, 3.8) is 0 Å². The molecule has 1 atom stereocenters. The van der Waals surface area contributed by atoms with Crippen LogP contribution < -0.4 is 19.7 Å². The first-order chi connectivity index (χ1) is 26.5. The quantitative estimate of drug-likeness (QED) is 0.0474. The predicted octanol–water partition coefficient (Wildman–Crippen LogP) is 7.40. The second-order valence-corrected chi connectivity index (χ2v) is 15.6. The van der Waals surface area contributed by atoms with Gasteiger partial charge in [-0.25, -0.2) is 17.5 Å². The normalized spacial score (nSPS) is 13.9. The van der Waals surface area contributed by atoms with E-state index in [1.807, 2.05) is 67.1 Å². The van der Waals surface area contributed by atoms with Crippen LogP contribution in [0.25, 0.3) is 11.1 Å². The Kier molecular flexibility index (Phi) is 12.6. The van der Waals surface area contributed by atoms with Crippen molar-refractivity contribution in [1.29, 1.82) is 0 Å². The highest BCUT2D eigenvalue weighted by Gasteiger charge is 2.26. The number of pyridine rings is 1. The van der Waals surface area contributed by atoms with Gasteiger partial charge in [0.05, 0.1) is 22.6 Å². The molecular weight excluding hydrogens is 744 g/mol. The molecule has 12 nitrogen and oxygen atoms in total. The van der Waals surface area contributed by atoms with Gasteiger partial charge < -0.3 is 15.0 Å². The van der Waals surface area contributed by atoms with Gasteiger partial charge in [0.2, 0.25) is 0 Å². The number of carbonyl (C=O) groups excluding carboxylic acids is 1. The van der Waals surface area contributed by atoms with Crippen molar-refractivity contribution < 1.29 is 27.3 Å². The zero-order valence-corrected chi connectivity index (χ0v) is 32.0. The summed E-state index contributed by atoms with van der Waals surface area (Å²) in [6, 6.07) is 26.7. The first-order valence-corrected chi connectivity index (χ1v) is 20.2. The first-order valence-electron chi connectivity index (χ1n) is 17.8. The van der Waals surface area contributed by atoms with E-state index < -0.39 is 31.4 Å². The van der Waals surface area contributed by atoms with Crippen LogP contribution in [0.3, 0.4) is 0 Å². The zero-order valence-electron chi connectivity index (χ0n) is 30.4. The minimum Gasteiger partial charge on any atom is -0.492 e. The SMILES string of the molecule is CCOc1cncc(-c2ccc(C(C)N3CCN(c4ccc(C(=O)NS(=O)(=O)c5ccc(NCCSc6ccccc6)c([N+](=O)[O-])c5)cc4)CC3)c(F)c2)c1. The van der Waals surface area contributed by atoms with E-state index in [0.29, 0.717) is 56.4 Å². The molecule has 1 saturated heterocycles. The number of nitrogens with zero attached hydrogens (tertiary/aromatic N) is 4. The van der Waals surface area contributed by atoms with Crippen LogP contribution in [0.4, 0.5) is 21.5 Å². The van der Waals surface area contributed by atoms with Gasteiger partial charge in [0.25, 0.3) is 21.6 Å². The molecule has 1 aliphatic rings. The Balaban J connectivity index is 1.02. The van der Waals surface area contributed by atoms with E-state index in [1.54, 1.807) is 36.3 Å². The van der Waals surface area contributed by atoms with Gasteiger partial charge in [-0.3, -0.25) is 24.8 Å². The molecule has 55 heavy (non-hydrogen) atoms. The second-order valence-electron chi connectivity index (χ2n) is 12.8. The summed E-state index contributed by atoms with van der Waals surface area (Å²) >= 11 is 1.58. The summed E-state index contributed by atoms with van der Waals surface area (Å²) in [5.74, 6) is 0.112. The Morgan fingerprint density at radius 3 is 2.40 bits per heavy atom. The van der Waals surface area contributed by atoms with Crippen LogP contribution in [0.1, 0.15) is 35.8 Å². The third-order valence-electron chi connectivity index (χ3n) is 9.30. The Hall–Kier alpha value is -5.51. The summed E-state index contributed by atoms with van der Waals surface area (Å²) in [5, 5.41) is 14.8. The van der Waals surface area contributed by atoms with Crippen LogP contribution in [0.5, 0.6) is 5.75 Å². The van der Waals surface area contributed by atoms with E-state index >= 15 is 4.39 Å². The van der Waals surface area contributed by atoms with Crippen molar-refractivity contribution in [2.75, 3.05) is 55.3 Å². The van der Waals surface area contributed by atoms with Crippen LogP contribution in [-0.4, -0.2) is 74.2 Å². The molecule has 1 fully saturated rings. The summed E-state index contributed by atoms with van der Waals surface area (Å²) in [6.07, 6.45) is 3.31. The van der Waals surface area contributed by atoms with E-state index in [2.05, 4.69) is 20.1 Å². The molecule has 1 aromatic heterocycles. The Morgan fingerprint density at radius 2 is 1.71 bits per heavy atom. The van der Waals surface area contributed by atoms with Crippen molar-refractivity contribution in [2.45, 2.75) is 29.7 Å². The first kappa shape index (κ1) is 39.2. The van der Waals surface area contributed by atoms with Gasteiger partial charge in [-0.1, -0.05) is 30.3 Å². The maximum atomic E-state index is 15.4. The summed E-state index contributed by atoms with van der Waals surface area (Å²) in [4.78, 5) is 33.4. The number of anilines is 2. The molecule has 0 radical (unpaired) electrons. The summed E-state index contributed by atoms with van der Waals surface area (Å²) in [7, 11) is -4.42. The van der Waals surface area contributed by atoms with Gasteiger partial charge in [-0.2, -0.15) is 0 Å². The molecular formula is C40H41FN6O6S2. The molecule has 0 bridgehead atoms. The average Bonchev–Trinajstić information content (AvgIpc) is 3.20. The average molecular weight is 785 g/mol. The van der Waals surface area contributed by atoms with Gasteiger partial charge >= 0.3 is 0 Å². The van der Waals surface area contributed by atoms with Gasteiger partial charge in [0, 0.05) is 84.1 Å². The summed E-state index contributed by atoms with van der Waals surface area (Å²) < 4.78 is 49.2. The third kappa shape index (κ3) is 9.79. The van der Waals surface area contributed by atoms with Gasteiger partial charge in [-0.05, 0) is 80.1 Å². The lowest BCUT2D eigenvalue weighted by Gasteiger charge is -2.39. The topological polar surface area (TPSA) is 147 Å². The molecule has 2 N–H and O–H groups in total. The number of sulfonamides is 1. The fourth-order valence-electron chi connectivity index (χ4n) is 6.35. The molecule has 286 valence electrons. The Bertz CT molecular complexity index is 2240. The molecule has 15 heteroatoms. The highest BCUT2D eigenvalue weighted by molar-refractivity contribution is 7.99. The zero-order chi connectivity index (χ0) is 39.0. The van der Waals surface area contributed by atoms with E-state index in [4.69, 9.17) is 4.74 Å². The molecule has 5 aromatic rings. The number of benzene rings is 4. The molecule has 4 aromatic carbocycles. The number of thioether (sulfide) groups is 1. The fourth-order valence-corrected chi connectivity index (χ4v) is 8.13. The smallest absolute Gasteiger partial charge is 0.293 e. The van der Waals surface area contributed by atoms with Crippen LogP contribution in [0, 0.1) is 15.9 Å². The van der Waals surface area contributed by atoms with E-state index in [-0.39, 0.29) is 23.1 Å². The number of hydrogen-bond donors (Lipinski definition) is 2. The van der Waals surface area contributed by atoms with Gasteiger partial charge in [-0.15, -0.1) is 11.8 Å². The molecule has 2 heterocycles.